The van der Waals surface area contributed by atoms with Gasteiger partial charge in [-0.25, -0.2) is 4.98 Å². The third-order valence-electron chi connectivity index (χ3n) is 4.02. The Morgan fingerprint density at radius 1 is 1.16 bits per heavy atom. The van der Waals surface area contributed by atoms with E-state index in [4.69, 9.17) is 0 Å². The summed E-state index contributed by atoms with van der Waals surface area (Å²) in [5, 5.41) is 6.17. The second-order valence-corrected chi connectivity index (χ2v) is 6.76. The maximum atomic E-state index is 12.6. The minimum Gasteiger partial charge on any atom is -0.359 e. The summed E-state index contributed by atoms with van der Waals surface area (Å²) in [5.74, 6) is -0.256. The van der Waals surface area contributed by atoms with Crippen molar-refractivity contribution in [3.05, 3.63) is 53.5 Å². The molecule has 0 saturated carbocycles. The second-order valence-electron chi connectivity index (χ2n) is 5.73. The highest BCUT2D eigenvalue weighted by Gasteiger charge is 2.20. The van der Waals surface area contributed by atoms with Crippen LogP contribution in [0.4, 0.5) is 11.4 Å². The molecule has 0 radical (unpaired) electrons. The fraction of sp³-hybridized carbons (Fsp3) is 0.167. The predicted molar refractivity (Wildman–Crippen MR) is 99.2 cm³/mol. The van der Waals surface area contributed by atoms with Crippen molar-refractivity contribution < 1.29 is 9.59 Å². The lowest BCUT2D eigenvalue weighted by molar-refractivity contribution is -0.120. The second kappa shape index (κ2) is 6.52. The Balaban J connectivity index is 1.60. The number of para-hydroxylation sites is 3. The van der Waals surface area contributed by atoms with Gasteiger partial charge in [-0.2, -0.15) is 0 Å². The number of carbonyl (C=O) groups is 2. The number of fused-ring (bicyclic) bond motifs is 1. The van der Waals surface area contributed by atoms with Crippen LogP contribution in [0.25, 0.3) is 10.2 Å². The lowest BCUT2D eigenvalue weighted by atomic mass is 10.2. The van der Waals surface area contributed by atoms with Gasteiger partial charge in [0.25, 0.3) is 5.91 Å². The van der Waals surface area contributed by atoms with Gasteiger partial charge in [-0.1, -0.05) is 24.3 Å². The topological polar surface area (TPSA) is 74.3 Å². The Labute approximate surface area is 148 Å². The van der Waals surface area contributed by atoms with Gasteiger partial charge in [-0.05, 0) is 24.3 Å². The number of amides is 2. The number of nitrogens with one attached hydrogen (secondary N) is 2. The molecular weight excluding hydrogens is 336 g/mol. The van der Waals surface area contributed by atoms with Gasteiger partial charge in [-0.15, -0.1) is 11.3 Å². The summed E-state index contributed by atoms with van der Waals surface area (Å²) in [7, 11) is 0. The van der Waals surface area contributed by atoms with Gasteiger partial charge < -0.3 is 15.5 Å². The van der Waals surface area contributed by atoms with E-state index in [9.17, 15) is 9.59 Å². The highest BCUT2D eigenvalue weighted by Crippen LogP contribution is 2.28. The number of thiazole rings is 1. The number of nitrogens with zero attached hydrogens (tertiary/aromatic N) is 2. The van der Waals surface area contributed by atoms with Crippen LogP contribution in [0.2, 0.25) is 0 Å². The molecule has 3 aromatic rings. The van der Waals surface area contributed by atoms with Crippen molar-refractivity contribution >= 4 is 44.7 Å². The van der Waals surface area contributed by atoms with E-state index in [1.807, 2.05) is 53.4 Å². The number of aromatic nitrogens is 1. The summed E-state index contributed by atoms with van der Waals surface area (Å²) in [4.78, 5) is 30.6. The third-order valence-corrected chi connectivity index (χ3v) is 5.05. The van der Waals surface area contributed by atoms with Crippen LogP contribution in [0.15, 0.2) is 48.5 Å². The van der Waals surface area contributed by atoms with Crippen molar-refractivity contribution in [3.63, 3.8) is 0 Å². The highest BCUT2D eigenvalue weighted by atomic mass is 32.1. The van der Waals surface area contributed by atoms with Crippen molar-refractivity contribution in [2.75, 3.05) is 29.9 Å². The van der Waals surface area contributed by atoms with E-state index in [2.05, 4.69) is 15.6 Å². The molecule has 1 fully saturated rings. The minimum absolute atomic E-state index is 0.0152. The molecule has 2 aromatic carbocycles. The average molecular weight is 352 g/mol. The summed E-state index contributed by atoms with van der Waals surface area (Å²) in [6, 6.07) is 15.2. The van der Waals surface area contributed by atoms with Crippen LogP contribution in [0, 0.1) is 0 Å². The Bertz CT molecular complexity index is 920. The molecule has 126 valence electrons. The van der Waals surface area contributed by atoms with E-state index in [1.165, 1.54) is 11.3 Å². The van der Waals surface area contributed by atoms with E-state index in [0.717, 1.165) is 15.9 Å². The van der Waals surface area contributed by atoms with Crippen molar-refractivity contribution in [1.82, 2.24) is 10.3 Å². The number of anilines is 2. The normalized spacial score (nSPS) is 14.4. The number of hydrogen-bond acceptors (Lipinski definition) is 5. The lowest BCUT2D eigenvalue weighted by Gasteiger charge is -2.30. The quantitative estimate of drug-likeness (QED) is 0.759. The van der Waals surface area contributed by atoms with Crippen LogP contribution in [0.1, 0.15) is 9.80 Å². The molecule has 0 aliphatic carbocycles. The lowest BCUT2D eigenvalue weighted by Crippen LogP contribution is -2.47. The maximum absolute atomic E-state index is 12.6. The zero-order valence-corrected chi connectivity index (χ0v) is 14.2. The molecule has 1 aliphatic rings. The zero-order chi connectivity index (χ0) is 17.2. The minimum atomic E-state index is -0.241. The van der Waals surface area contributed by atoms with E-state index in [0.29, 0.717) is 23.8 Å². The van der Waals surface area contributed by atoms with Crippen LogP contribution in [0.3, 0.4) is 0 Å². The van der Waals surface area contributed by atoms with Gasteiger partial charge in [0.05, 0.1) is 28.1 Å². The predicted octanol–water partition coefficient (Wildman–Crippen LogP) is 2.48. The molecule has 0 spiro atoms. The monoisotopic (exact) mass is 352 g/mol. The first kappa shape index (κ1) is 15.6. The SMILES string of the molecule is O=C1CN(c2ccccc2NC(=O)c2nc3ccccc3s2)CCN1. The molecule has 0 atom stereocenters. The summed E-state index contributed by atoms with van der Waals surface area (Å²) >= 11 is 1.37. The van der Waals surface area contributed by atoms with Crippen molar-refractivity contribution in [1.29, 1.82) is 0 Å². The Morgan fingerprint density at radius 2 is 1.96 bits per heavy atom. The Morgan fingerprint density at radius 3 is 2.80 bits per heavy atom. The van der Waals surface area contributed by atoms with Crippen LogP contribution in [-0.4, -0.2) is 36.4 Å². The summed E-state index contributed by atoms with van der Waals surface area (Å²) < 4.78 is 0.980. The van der Waals surface area contributed by atoms with Gasteiger partial charge in [0.15, 0.2) is 5.01 Å². The van der Waals surface area contributed by atoms with Gasteiger partial charge in [0.2, 0.25) is 5.91 Å². The van der Waals surface area contributed by atoms with E-state index in [1.54, 1.807) is 0 Å². The van der Waals surface area contributed by atoms with Gasteiger partial charge in [0.1, 0.15) is 0 Å². The molecule has 0 unspecified atom stereocenters. The maximum Gasteiger partial charge on any atom is 0.284 e. The van der Waals surface area contributed by atoms with E-state index >= 15 is 0 Å². The molecule has 4 rings (SSSR count). The largest absolute Gasteiger partial charge is 0.359 e. The van der Waals surface area contributed by atoms with Crippen LogP contribution >= 0.6 is 11.3 Å². The zero-order valence-electron chi connectivity index (χ0n) is 13.4. The molecule has 0 bridgehead atoms. The number of carbonyl (C=O) groups excluding carboxylic acids is 2. The Kier molecular flexibility index (Phi) is 4.07. The van der Waals surface area contributed by atoms with Crippen molar-refractivity contribution in [2.45, 2.75) is 0 Å². The molecular formula is C18H16N4O2S. The first-order valence-corrected chi connectivity index (χ1v) is 8.80. The van der Waals surface area contributed by atoms with Gasteiger partial charge in [-0.3, -0.25) is 9.59 Å². The van der Waals surface area contributed by atoms with E-state index < -0.39 is 0 Å². The molecule has 6 nitrogen and oxygen atoms in total. The number of hydrogen-bond donors (Lipinski definition) is 2. The van der Waals surface area contributed by atoms with Crippen LogP contribution < -0.4 is 15.5 Å². The Hall–Kier alpha value is -2.93. The molecule has 1 aromatic heterocycles. The average Bonchev–Trinajstić information content (AvgIpc) is 3.06. The fourth-order valence-corrected chi connectivity index (χ4v) is 3.71. The molecule has 7 heteroatoms. The number of benzene rings is 2. The van der Waals surface area contributed by atoms with Gasteiger partial charge in [0, 0.05) is 13.1 Å². The summed E-state index contributed by atoms with van der Waals surface area (Å²) in [6.07, 6.45) is 0. The molecule has 2 heterocycles. The number of rotatable bonds is 3. The molecule has 25 heavy (non-hydrogen) atoms. The van der Waals surface area contributed by atoms with E-state index in [-0.39, 0.29) is 18.4 Å². The van der Waals surface area contributed by atoms with Crippen molar-refractivity contribution in [3.8, 4) is 0 Å². The highest BCUT2D eigenvalue weighted by molar-refractivity contribution is 7.20. The summed E-state index contributed by atoms with van der Waals surface area (Å²) in [6.45, 7) is 1.59. The van der Waals surface area contributed by atoms with Crippen LogP contribution in [0.5, 0.6) is 0 Å². The third kappa shape index (κ3) is 3.18. The first-order valence-electron chi connectivity index (χ1n) is 7.98. The van der Waals surface area contributed by atoms with Crippen molar-refractivity contribution in [2.24, 2.45) is 0 Å². The number of piperazine rings is 1. The van der Waals surface area contributed by atoms with Crippen LogP contribution in [-0.2, 0) is 4.79 Å². The van der Waals surface area contributed by atoms with Gasteiger partial charge >= 0.3 is 0 Å². The summed E-state index contributed by atoms with van der Waals surface area (Å²) in [5.41, 5.74) is 2.34. The molecule has 1 saturated heterocycles. The molecule has 2 N–H and O–H groups in total. The standard InChI is InChI=1S/C18H16N4O2S/c23-16-11-22(10-9-19-16)14-7-3-1-5-12(14)20-17(24)18-21-13-6-2-4-8-15(13)25-18/h1-8H,9-11H2,(H,19,23)(H,20,24). The molecule has 2 amide bonds. The smallest absolute Gasteiger partial charge is 0.284 e. The molecule has 1 aliphatic heterocycles. The fourth-order valence-electron chi connectivity index (χ4n) is 2.84. The first-order chi connectivity index (χ1) is 12.2.